The molecule has 2 N–H and O–H groups in total. The largest absolute Gasteiger partial charge is 0.493 e. The monoisotopic (exact) mass is 308 g/mol. The predicted octanol–water partition coefficient (Wildman–Crippen LogP) is 0.590. The zero-order valence-electron chi connectivity index (χ0n) is 12.8. The lowest BCUT2D eigenvalue weighted by atomic mass is 10.1. The Morgan fingerprint density at radius 2 is 1.91 bits per heavy atom. The highest BCUT2D eigenvalue weighted by Gasteiger charge is 2.23. The standard InChI is InChI=1S/C15H20N2O5/c1-20-12-6-10(7-13(21-2)14(12)22-3)15(19)17-5-4-16-11(8-17)9-18/h4-7,11,16,18H,8-9H2,1-3H3/t11-/m0/s1. The number of hydrogen-bond donors (Lipinski definition) is 2. The zero-order chi connectivity index (χ0) is 16.1. The number of amides is 1. The average molecular weight is 308 g/mol. The van der Waals surface area contributed by atoms with E-state index in [1.165, 1.54) is 26.2 Å². The fraction of sp³-hybridized carbons (Fsp3) is 0.400. The molecule has 1 aromatic carbocycles. The molecule has 0 aliphatic carbocycles. The SMILES string of the molecule is COc1cc(C(=O)N2C=CN[C@H](CO)C2)cc(OC)c1OC. The summed E-state index contributed by atoms with van der Waals surface area (Å²) in [5, 5.41) is 12.2. The van der Waals surface area contributed by atoms with Gasteiger partial charge in [-0.2, -0.15) is 0 Å². The number of carbonyl (C=O) groups is 1. The summed E-state index contributed by atoms with van der Waals surface area (Å²) >= 11 is 0. The Morgan fingerprint density at radius 3 is 2.41 bits per heavy atom. The number of nitrogens with zero attached hydrogens (tertiary/aromatic N) is 1. The van der Waals surface area contributed by atoms with Crippen LogP contribution in [0.3, 0.4) is 0 Å². The molecule has 2 rings (SSSR count). The Balaban J connectivity index is 2.33. The van der Waals surface area contributed by atoms with Crippen LogP contribution in [0.1, 0.15) is 10.4 Å². The molecule has 1 heterocycles. The van der Waals surface area contributed by atoms with Gasteiger partial charge in [0.25, 0.3) is 5.91 Å². The number of ether oxygens (including phenoxy) is 3. The Hall–Kier alpha value is -2.41. The average Bonchev–Trinajstić information content (AvgIpc) is 2.59. The Morgan fingerprint density at radius 1 is 1.27 bits per heavy atom. The number of benzene rings is 1. The van der Waals surface area contributed by atoms with E-state index in [1.54, 1.807) is 24.5 Å². The highest BCUT2D eigenvalue weighted by Crippen LogP contribution is 2.38. The molecule has 0 radical (unpaired) electrons. The van der Waals surface area contributed by atoms with E-state index in [0.29, 0.717) is 29.4 Å². The second-order valence-corrected chi connectivity index (χ2v) is 4.73. The van der Waals surface area contributed by atoms with Crippen LogP contribution in [0, 0.1) is 0 Å². The zero-order valence-corrected chi connectivity index (χ0v) is 12.8. The van der Waals surface area contributed by atoms with E-state index < -0.39 is 0 Å². The first-order valence-electron chi connectivity index (χ1n) is 6.79. The number of methoxy groups -OCH3 is 3. The van der Waals surface area contributed by atoms with E-state index in [0.717, 1.165) is 0 Å². The molecular weight excluding hydrogens is 288 g/mol. The molecule has 0 saturated carbocycles. The van der Waals surface area contributed by atoms with Gasteiger partial charge in [0.2, 0.25) is 5.75 Å². The van der Waals surface area contributed by atoms with Gasteiger partial charge in [-0.05, 0) is 12.1 Å². The third-order valence-electron chi connectivity index (χ3n) is 3.40. The van der Waals surface area contributed by atoms with Gasteiger partial charge in [0.1, 0.15) is 0 Å². The van der Waals surface area contributed by atoms with Gasteiger partial charge in [-0.15, -0.1) is 0 Å². The summed E-state index contributed by atoms with van der Waals surface area (Å²) in [5.74, 6) is 1.06. The van der Waals surface area contributed by atoms with Gasteiger partial charge in [-0.3, -0.25) is 4.79 Å². The smallest absolute Gasteiger partial charge is 0.258 e. The maximum Gasteiger partial charge on any atom is 0.258 e. The summed E-state index contributed by atoms with van der Waals surface area (Å²) < 4.78 is 15.7. The number of nitrogens with one attached hydrogen (secondary N) is 1. The second kappa shape index (κ2) is 7.04. The minimum absolute atomic E-state index is 0.0522. The number of hydrogen-bond acceptors (Lipinski definition) is 6. The summed E-state index contributed by atoms with van der Waals surface area (Å²) in [4.78, 5) is 14.1. The van der Waals surface area contributed by atoms with Crippen LogP contribution in [0.5, 0.6) is 17.2 Å². The van der Waals surface area contributed by atoms with Crippen molar-refractivity contribution in [2.45, 2.75) is 6.04 Å². The van der Waals surface area contributed by atoms with Crippen molar-refractivity contribution in [3.05, 3.63) is 30.1 Å². The summed E-state index contributed by atoms with van der Waals surface area (Å²) in [6.07, 6.45) is 3.28. The maximum atomic E-state index is 12.6. The van der Waals surface area contributed by atoms with E-state index in [2.05, 4.69) is 5.32 Å². The maximum absolute atomic E-state index is 12.6. The van der Waals surface area contributed by atoms with Crippen molar-refractivity contribution in [2.24, 2.45) is 0 Å². The van der Waals surface area contributed by atoms with Gasteiger partial charge < -0.3 is 29.5 Å². The molecule has 1 aliphatic heterocycles. The highest BCUT2D eigenvalue weighted by atomic mass is 16.5. The summed E-state index contributed by atoms with van der Waals surface area (Å²) in [6, 6.07) is 3.03. The minimum atomic E-state index is -0.213. The minimum Gasteiger partial charge on any atom is -0.493 e. The van der Waals surface area contributed by atoms with Crippen LogP contribution in [0.4, 0.5) is 0 Å². The molecule has 1 amide bonds. The molecule has 0 unspecified atom stereocenters. The molecular formula is C15H20N2O5. The quantitative estimate of drug-likeness (QED) is 0.829. The molecule has 0 aromatic heterocycles. The van der Waals surface area contributed by atoms with E-state index >= 15 is 0 Å². The lowest BCUT2D eigenvalue weighted by Crippen LogP contribution is -2.45. The summed E-state index contributed by atoms with van der Waals surface area (Å²) in [6.45, 7) is 0.325. The normalized spacial score (nSPS) is 16.9. The van der Waals surface area contributed by atoms with Crippen LogP contribution in [0.15, 0.2) is 24.5 Å². The summed E-state index contributed by atoms with van der Waals surface area (Å²) in [7, 11) is 4.50. The van der Waals surface area contributed by atoms with E-state index in [1.807, 2.05) is 0 Å². The van der Waals surface area contributed by atoms with Crippen LogP contribution in [-0.2, 0) is 0 Å². The lowest BCUT2D eigenvalue weighted by Gasteiger charge is -2.28. The number of carbonyl (C=O) groups excluding carboxylic acids is 1. The molecule has 1 aromatic rings. The van der Waals surface area contributed by atoms with Crippen LogP contribution >= 0.6 is 0 Å². The van der Waals surface area contributed by atoms with Crippen LogP contribution in [-0.4, -0.2) is 56.4 Å². The van der Waals surface area contributed by atoms with Gasteiger partial charge in [-0.1, -0.05) is 0 Å². The third-order valence-corrected chi connectivity index (χ3v) is 3.40. The second-order valence-electron chi connectivity index (χ2n) is 4.73. The molecule has 7 nitrogen and oxygen atoms in total. The van der Waals surface area contributed by atoms with Crippen molar-refractivity contribution < 1.29 is 24.1 Å². The molecule has 120 valence electrons. The summed E-state index contributed by atoms with van der Waals surface area (Å²) in [5.41, 5.74) is 0.415. The highest BCUT2D eigenvalue weighted by molar-refractivity contribution is 5.96. The van der Waals surface area contributed by atoms with E-state index in [-0.39, 0.29) is 18.6 Å². The Kier molecular flexibility index (Phi) is 5.11. The van der Waals surface area contributed by atoms with Crippen molar-refractivity contribution in [1.82, 2.24) is 10.2 Å². The third kappa shape index (κ3) is 3.09. The Labute approximate surface area is 129 Å². The number of aliphatic hydroxyl groups is 1. The molecule has 1 aliphatic rings. The van der Waals surface area contributed by atoms with Crippen LogP contribution in [0.2, 0.25) is 0 Å². The van der Waals surface area contributed by atoms with E-state index in [4.69, 9.17) is 14.2 Å². The van der Waals surface area contributed by atoms with Crippen LogP contribution in [0.25, 0.3) is 0 Å². The van der Waals surface area contributed by atoms with Crippen LogP contribution < -0.4 is 19.5 Å². The molecule has 1 atom stereocenters. The predicted molar refractivity (Wildman–Crippen MR) is 80.3 cm³/mol. The number of aliphatic hydroxyl groups excluding tert-OH is 1. The first-order chi connectivity index (χ1) is 10.6. The van der Waals surface area contributed by atoms with Crippen molar-refractivity contribution in [3.8, 4) is 17.2 Å². The van der Waals surface area contributed by atoms with Crippen molar-refractivity contribution in [3.63, 3.8) is 0 Å². The topological polar surface area (TPSA) is 80.3 Å². The molecule has 0 bridgehead atoms. The first kappa shape index (κ1) is 16.0. The fourth-order valence-electron chi connectivity index (χ4n) is 2.25. The number of rotatable bonds is 5. The van der Waals surface area contributed by atoms with Gasteiger partial charge in [0.05, 0.1) is 34.0 Å². The van der Waals surface area contributed by atoms with Gasteiger partial charge in [0.15, 0.2) is 11.5 Å². The van der Waals surface area contributed by atoms with E-state index in [9.17, 15) is 9.90 Å². The van der Waals surface area contributed by atoms with Crippen molar-refractivity contribution >= 4 is 5.91 Å². The van der Waals surface area contributed by atoms with Gasteiger partial charge in [0, 0.05) is 24.5 Å². The van der Waals surface area contributed by atoms with Gasteiger partial charge >= 0.3 is 0 Å². The molecule has 0 saturated heterocycles. The van der Waals surface area contributed by atoms with Crippen molar-refractivity contribution in [1.29, 1.82) is 0 Å². The Bertz CT molecular complexity index is 548. The molecule has 7 heteroatoms. The lowest BCUT2D eigenvalue weighted by molar-refractivity contribution is 0.0787. The van der Waals surface area contributed by atoms with Crippen molar-refractivity contribution in [2.75, 3.05) is 34.5 Å². The molecule has 22 heavy (non-hydrogen) atoms. The molecule has 0 fully saturated rings. The molecule has 0 spiro atoms. The van der Waals surface area contributed by atoms with Gasteiger partial charge in [-0.25, -0.2) is 0 Å². The fourth-order valence-corrected chi connectivity index (χ4v) is 2.25. The first-order valence-corrected chi connectivity index (χ1v) is 6.79.